The summed E-state index contributed by atoms with van der Waals surface area (Å²) in [5.74, 6) is -1.91. The zero-order chi connectivity index (χ0) is 20.1. The standard InChI is InChI=1S/C17H19BrClF2N3O3/c1-7-13(24(6-5-22-7)16(25)27-17(2,3)4)15-23-12-11(21)9(19)10(20)8(18)14(12)26-15/h7,13,22H,5-6H2,1-4H3. The van der Waals surface area contributed by atoms with Gasteiger partial charge in [0, 0.05) is 19.1 Å². The van der Waals surface area contributed by atoms with E-state index in [0.29, 0.717) is 13.1 Å². The van der Waals surface area contributed by atoms with Crippen molar-refractivity contribution in [3.05, 3.63) is 27.0 Å². The molecule has 27 heavy (non-hydrogen) atoms. The second-order valence-electron chi connectivity index (χ2n) is 7.35. The number of oxazole rings is 1. The van der Waals surface area contributed by atoms with Crippen LogP contribution in [-0.4, -0.2) is 40.7 Å². The summed E-state index contributed by atoms with van der Waals surface area (Å²) >= 11 is 8.70. The van der Waals surface area contributed by atoms with Crippen molar-refractivity contribution in [2.45, 2.75) is 45.4 Å². The van der Waals surface area contributed by atoms with Crippen LogP contribution >= 0.6 is 27.5 Å². The minimum Gasteiger partial charge on any atom is -0.444 e. The predicted molar refractivity (Wildman–Crippen MR) is 99.8 cm³/mol. The van der Waals surface area contributed by atoms with Crippen molar-refractivity contribution < 1.29 is 22.7 Å². The Labute approximate surface area is 168 Å². The molecule has 1 saturated heterocycles. The first-order valence-electron chi connectivity index (χ1n) is 8.36. The Bertz CT molecular complexity index is 855. The third-order valence-corrected chi connectivity index (χ3v) is 5.18. The van der Waals surface area contributed by atoms with E-state index in [0.717, 1.165) is 0 Å². The number of fused-ring (bicyclic) bond motifs is 1. The first kappa shape index (κ1) is 20.3. The molecule has 0 saturated carbocycles. The highest BCUT2D eigenvalue weighted by molar-refractivity contribution is 9.10. The molecule has 0 bridgehead atoms. The van der Waals surface area contributed by atoms with Crippen LogP contribution in [0.3, 0.4) is 0 Å². The van der Waals surface area contributed by atoms with Gasteiger partial charge < -0.3 is 14.5 Å². The molecule has 10 heteroatoms. The Morgan fingerprint density at radius 3 is 2.70 bits per heavy atom. The van der Waals surface area contributed by atoms with Crippen LogP contribution in [0.1, 0.15) is 39.6 Å². The number of rotatable bonds is 1. The van der Waals surface area contributed by atoms with Crippen molar-refractivity contribution in [1.82, 2.24) is 15.2 Å². The number of nitrogens with one attached hydrogen (secondary N) is 1. The van der Waals surface area contributed by atoms with Crippen LogP contribution in [0, 0.1) is 11.6 Å². The van der Waals surface area contributed by atoms with Gasteiger partial charge in [-0.3, -0.25) is 4.90 Å². The third kappa shape index (κ3) is 3.77. The van der Waals surface area contributed by atoms with Gasteiger partial charge >= 0.3 is 6.09 Å². The first-order valence-corrected chi connectivity index (χ1v) is 9.53. The molecule has 1 aliphatic heterocycles. The van der Waals surface area contributed by atoms with Crippen LogP contribution in [-0.2, 0) is 4.74 Å². The fourth-order valence-corrected chi connectivity index (χ4v) is 3.73. The molecule has 1 fully saturated rings. The van der Waals surface area contributed by atoms with Crippen LogP contribution in [0.2, 0.25) is 5.02 Å². The smallest absolute Gasteiger partial charge is 0.411 e. The average molecular weight is 467 g/mol. The van der Waals surface area contributed by atoms with Gasteiger partial charge in [0.15, 0.2) is 17.2 Å². The maximum atomic E-state index is 14.4. The molecule has 2 unspecified atom stereocenters. The van der Waals surface area contributed by atoms with Crippen LogP contribution in [0.25, 0.3) is 11.1 Å². The Kier molecular flexibility index (Phi) is 5.39. The average Bonchev–Trinajstić information content (AvgIpc) is 3.01. The maximum Gasteiger partial charge on any atom is 0.411 e. The molecule has 3 rings (SSSR count). The molecule has 148 valence electrons. The van der Waals surface area contributed by atoms with Crippen molar-refractivity contribution in [2.24, 2.45) is 0 Å². The summed E-state index contributed by atoms with van der Waals surface area (Å²) in [6, 6.07) is -0.907. The molecule has 1 amide bonds. The number of hydrogen-bond donors (Lipinski definition) is 1. The monoisotopic (exact) mass is 465 g/mol. The maximum absolute atomic E-state index is 14.4. The van der Waals surface area contributed by atoms with Crippen LogP contribution in [0.15, 0.2) is 8.89 Å². The summed E-state index contributed by atoms with van der Waals surface area (Å²) in [5, 5.41) is 2.55. The summed E-state index contributed by atoms with van der Waals surface area (Å²) in [6.07, 6.45) is -0.535. The predicted octanol–water partition coefficient (Wildman–Crippen LogP) is 4.79. The Hall–Kier alpha value is -1.45. The van der Waals surface area contributed by atoms with E-state index in [-0.39, 0.29) is 27.5 Å². The van der Waals surface area contributed by atoms with E-state index in [1.807, 2.05) is 6.92 Å². The van der Waals surface area contributed by atoms with E-state index >= 15 is 0 Å². The molecule has 6 nitrogen and oxygen atoms in total. The Balaban J connectivity index is 2.07. The third-order valence-electron chi connectivity index (χ3n) is 4.14. The number of aromatic nitrogens is 1. The largest absolute Gasteiger partial charge is 0.444 e. The highest BCUT2D eigenvalue weighted by atomic mass is 79.9. The molecule has 0 aliphatic carbocycles. The Morgan fingerprint density at radius 2 is 2.07 bits per heavy atom. The van der Waals surface area contributed by atoms with E-state index in [1.165, 1.54) is 4.90 Å². The first-order chi connectivity index (χ1) is 12.5. The van der Waals surface area contributed by atoms with Crippen LogP contribution in [0.5, 0.6) is 0 Å². The molecule has 2 atom stereocenters. The lowest BCUT2D eigenvalue weighted by atomic mass is 10.1. The molecule has 0 spiro atoms. The topological polar surface area (TPSA) is 67.6 Å². The highest BCUT2D eigenvalue weighted by Crippen LogP contribution is 2.38. The molecule has 1 N–H and O–H groups in total. The number of amides is 1. The van der Waals surface area contributed by atoms with Crippen molar-refractivity contribution in [3.63, 3.8) is 0 Å². The lowest BCUT2D eigenvalue weighted by Crippen LogP contribution is -2.54. The van der Waals surface area contributed by atoms with E-state index in [2.05, 4.69) is 26.2 Å². The number of ether oxygens (including phenoxy) is 1. The quantitative estimate of drug-likeness (QED) is 0.483. The fraction of sp³-hybridized carbons (Fsp3) is 0.529. The minimum absolute atomic E-state index is 0.0665. The molecule has 1 aromatic carbocycles. The molecule has 1 aliphatic rings. The van der Waals surface area contributed by atoms with E-state index in [9.17, 15) is 13.6 Å². The number of benzene rings is 1. The summed E-state index contributed by atoms with van der Waals surface area (Å²) in [4.78, 5) is 18.3. The van der Waals surface area contributed by atoms with Gasteiger partial charge in [-0.15, -0.1) is 0 Å². The molecule has 0 radical (unpaired) electrons. The SMILES string of the molecule is CC1NCCN(C(=O)OC(C)(C)C)C1c1nc2c(F)c(Cl)c(F)c(Br)c2o1. The summed E-state index contributed by atoms with van der Waals surface area (Å²) in [6.45, 7) is 8.04. The van der Waals surface area contributed by atoms with Crippen LogP contribution in [0.4, 0.5) is 13.6 Å². The summed E-state index contributed by atoms with van der Waals surface area (Å²) < 4.78 is 39.4. The lowest BCUT2D eigenvalue weighted by molar-refractivity contribution is 0.00266. The number of carbonyl (C=O) groups excluding carboxylic acids is 1. The Morgan fingerprint density at radius 1 is 1.41 bits per heavy atom. The zero-order valence-corrected chi connectivity index (χ0v) is 17.5. The second kappa shape index (κ2) is 7.18. The molecule has 2 aromatic rings. The van der Waals surface area contributed by atoms with E-state index in [4.69, 9.17) is 20.8 Å². The van der Waals surface area contributed by atoms with Gasteiger partial charge in [0.25, 0.3) is 0 Å². The highest BCUT2D eigenvalue weighted by Gasteiger charge is 2.39. The van der Waals surface area contributed by atoms with Crippen LogP contribution < -0.4 is 5.32 Å². The lowest BCUT2D eigenvalue weighted by Gasteiger charge is -2.39. The zero-order valence-electron chi connectivity index (χ0n) is 15.2. The van der Waals surface area contributed by atoms with Gasteiger partial charge in [-0.25, -0.2) is 18.6 Å². The normalized spacial score (nSPS) is 21.0. The summed E-state index contributed by atoms with van der Waals surface area (Å²) in [5.41, 5.74) is -0.987. The van der Waals surface area contributed by atoms with Gasteiger partial charge in [0.1, 0.15) is 22.2 Å². The van der Waals surface area contributed by atoms with Gasteiger partial charge in [-0.05, 0) is 43.6 Å². The molecular formula is C17H19BrClF2N3O3. The molecule has 2 heterocycles. The number of halogens is 4. The minimum atomic E-state index is -1.01. The van der Waals surface area contributed by atoms with Crippen molar-refractivity contribution >= 4 is 44.7 Å². The van der Waals surface area contributed by atoms with Crippen molar-refractivity contribution in [1.29, 1.82) is 0 Å². The number of hydrogen-bond acceptors (Lipinski definition) is 5. The number of piperazine rings is 1. The fourth-order valence-electron chi connectivity index (χ4n) is 2.96. The molecule has 1 aromatic heterocycles. The number of nitrogens with zero attached hydrogens (tertiary/aromatic N) is 2. The van der Waals surface area contributed by atoms with Gasteiger partial charge in [0.2, 0.25) is 5.89 Å². The van der Waals surface area contributed by atoms with Gasteiger partial charge in [0.05, 0.1) is 4.47 Å². The number of carbonyl (C=O) groups is 1. The van der Waals surface area contributed by atoms with E-state index in [1.54, 1.807) is 20.8 Å². The second-order valence-corrected chi connectivity index (χ2v) is 8.52. The van der Waals surface area contributed by atoms with Gasteiger partial charge in [-0.1, -0.05) is 11.6 Å². The van der Waals surface area contributed by atoms with Crippen molar-refractivity contribution in [3.8, 4) is 0 Å². The molecular weight excluding hydrogens is 448 g/mol. The summed E-state index contributed by atoms with van der Waals surface area (Å²) in [7, 11) is 0. The van der Waals surface area contributed by atoms with Crippen molar-refractivity contribution in [2.75, 3.05) is 13.1 Å². The van der Waals surface area contributed by atoms with Gasteiger partial charge in [-0.2, -0.15) is 0 Å². The van der Waals surface area contributed by atoms with E-state index < -0.39 is 34.4 Å².